The molecule has 5 nitrogen and oxygen atoms in total. The Morgan fingerprint density at radius 1 is 1.27 bits per heavy atom. The lowest BCUT2D eigenvalue weighted by Crippen LogP contribution is -2.22. The summed E-state index contributed by atoms with van der Waals surface area (Å²) in [6.45, 7) is 2.38. The van der Waals surface area contributed by atoms with E-state index in [-0.39, 0.29) is 11.5 Å². The van der Waals surface area contributed by atoms with E-state index in [1.54, 1.807) is 23.5 Å². The van der Waals surface area contributed by atoms with E-state index in [1.807, 2.05) is 12.3 Å². The number of amides is 1. The van der Waals surface area contributed by atoms with Crippen molar-refractivity contribution < 1.29 is 14.7 Å². The van der Waals surface area contributed by atoms with Crippen LogP contribution < -0.4 is 5.32 Å². The molecule has 0 saturated carbocycles. The van der Waals surface area contributed by atoms with Crippen molar-refractivity contribution in [2.24, 2.45) is 0 Å². The largest absolute Gasteiger partial charge is 0.478 e. The number of nitrogens with one attached hydrogen (secondary N) is 1. The van der Waals surface area contributed by atoms with E-state index in [9.17, 15) is 9.59 Å². The maximum absolute atomic E-state index is 11.8. The monoisotopic (exact) mass is 318 g/mol. The molecular formula is C16H18N2O3S. The van der Waals surface area contributed by atoms with Crippen LogP contribution >= 0.6 is 11.3 Å². The Morgan fingerprint density at radius 3 is 2.59 bits per heavy atom. The van der Waals surface area contributed by atoms with E-state index in [2.05, 4.69) is 10.3 Å². The molecule has 0 radical (unpaired) electrons. The third-order valence-corrected chi connectivity index (χ3v) is 4.02. The Hall–Kier alpha value is -2.21. The van der Waals surface area contributed by atoms with Crippen LogP contribution in [0.3, 0.4) is 0 Å². The number of hydrogen-bond acceptors (Lipinski definition) is 4. The van der Waals surface area contributed by atoms with Gasteiger partial charge in [-0.05, 0) is 37.5 Å². The van der Waals surface area contributed by atoms with Gasteiger partial charge in [0.05, 0.1) is 16.3 Å². The zero-order valence-corrected chi connectivity index (χ0v) is 13.2. The first kappa shape index (κ1) is 16.2. The number of hydrogen-bond donors (Lipinski definition) is 2. The van der Waals surface area contributed by atoms with Crippen LogP contribution in [0.2, 0.25) is 0 Å². The molecule has 1 heterocycles. The van der Waals surface area contributed by atoms with Crippen LogP contribution in [0.4, 0.5) is 0 Å². The first-order chi connectivity index (χ1) is 10.5. The number of aromatic nitrogens is 1. The fourth-order valence-corrected chi connectivity index (χ4v) is 2.65. The molecule has 0 atom stereocenters. The topological polar surface area (TPSA) is 79.3 Å². The fraction of sp³-hybridized carbons (Fsp3) is 0.312. The quantitative estimate of drug-likeness (QED) is 0.823. The molecule has 2 aromatic rings. The maximum atomic E-state index is 11.8. The normalized spacial score (nSPS) is 10.4. The van der Waals surface area contributed by atoms with Gasteiger partial charge in [-0.1, -0.05) is 12.1 Å². The van der Waals surface area contributed by atoms with E-state index in [1.165, 1.54) is 12.1 Å². The molecule has 22 heavy (non-hydrogen) atoms. The Morgan fingerprint density at radius 2 is 2.00 bits per heavy atom. The van der Waals surface area contributed by atoms with Gasteiger partial charge in [0, 0.05) is 18.3 Å². The van der Waals surface area contributed by atoms with Gasteiger partial charge in [-0.15, -0.1) is 11.3 Å². The second kappa shape index (κ2) is 7.70. The molecule has 0 aliphatic heterocycles. The number of benzene rings is 1. The Labute approximate surface area is 133 Å². The highest BCUT2D eigenvalue weighted by atomic mass is 32.1. The lowest BCUT2D eigenvalue weighted by molar-refractivity contribution is -0.121. The first-order valence-electron chi connectivity index (χ1n) is 7.04. The summed E-state index contributed by atoms with van der Waals surface area (Å²) in [5, 5.41) is 14.7. The summed E-state index contributed by atoms with van der Waals surface area (Å²) in [5.41, 5.74) is 2.17. The van der Waals surface area contributed by atoms with Gasteiger partial charge >= 0.3 is 5.97 Å². The number of rotatable bonds is 7. The van der Waals surface area contributed by atoms with Crippen molar-refractivity contribution in [1.82, 2.24) is 10.3 Å². The zero-order chi connectivity index (χ0) is 15.9. The van der Waals surface area contributed by atoms with Crippen molar-refractivity contribution in [3.05, 3.63) is 51.5 Å². The molecule has 1 aromatic carbocycles. The molecule has 2 N–H and O–H groups in total. The predicted octanol–water partition coefficient (Wildman–Crippen LogP) is 2.79. The number of carbonyl (C=O) groups excluding carboxylic acids is 1. The molecule has 0 bridgehead atoms. The fourth-order valence-electron chi connectivity index (χ4n) is 2.01. The van der Waals surface area contributed by atoms with E-state index in [0.717, 1.165) is 29.1 Å². The number of nitrogens with zero attached hydrogens (tertiary/aromatic N) is 1. The second-order valence-corrected chi connectivity index (χ2v) is 6.05. The molecule has 0 aliphatic rings. The third kappa shape index (κ3) is 4.96. The average Bonchev–Trinajstić information content (AvgIpc) is 2.91. The van der Waals surface area contributed by atoms with Crippen LogP contribution in [0.1, 0.15) is 39.5 Å². The summed E-state index contributed by atoms with van der Waals surface area (Å²) in [6.07, 6.45) is 2.04. The third-order valence-electron chi connectivity index (χ3n) is 3.19. The molecule has 0 saturated heterocycles. The summed E-state index contributed by atoms with van der Waals surface area (Å²) >= 11 is 1.62. The maximum Gasteiger partial charge on any atom is 0.335 e. The standard InChI is InChI=1S/C16H18N2O3S/c1-11-18-14(10-22-11)3-2-4-15(19)17-9-12-5-7-13(8-6-12)16(20)21/h5-8,10H,2-4,9H2,1H3,(H,17,19)(H,20,21). The molecule has 2 rings (SSSR count). The zero-order valence-electron chi connectivity index (χ0n) is 12.3. The van der Waals surface area contributed by atoms with Crippen LogP contribution in [0.25, 0.3) is 0 Å². The minimum atomic E-state index is -0.951. The first-order valence-corrected chi connectivity index (χ1v) is 7.92. The molecular weight excluding hydrogens is 300 g/mol. The van der Waals surface area contributed by atoms with Crippen LogP contribution in [0.5, 0.6) is 0 Å². The second-order valence-electron chi connectivity index (χ2n) is 4.99. The molecule has 0 aliphatic carbocycles. The van der Waals surface area contributed by atoms with Gasteiger partial charge in [0.2, 0.25) is 5.91 Å². The van der Waals surface area contributed by atoms with Gasteiger partial charge < -0.3 is 10.4 Å². The number of carboxylic acid groups (broad SMARTS) is 1. The van der Waals surface area contributed by atoms with Crippen molar-refractivity contribution >= 4 is 23.2 Å². The van der Waals surface area contributed by atoms with Crippen LogP contribution in [-0.2, 0) is 17.8 Å². The highest BCUT2D eigenvalue weighted by molar-refractivity contribution is 7.09. The number of aromatic carboxylic acids is 1. The van der Waals surface area contributed by atoms with Crippen molar-refractivity contribution in [2.75, 3.05) is 0 Å². The number of thiazole rings is 1. The lowest BCUT2D eigenvalue weighted by atomic mass is 10.1. The molecule has 0 unspecified atom stereocenters. The van der Waals surface area contributed by atoms with Gasteiger partial charge in [0.1, 0.15) is 0 Å². The summed E-state index contributed by atoms with van der Waals surface area (Å²) in [5.74, 6) is -0.956. The highest BCUT2D eigenvalue weighted by Crippen LogP contribution is 2.10. The van der Waals surface area contributed by atoms with Crippen LogP contribution in [-0.4, -0.2) is 22.0 Å². The van der Waals surface area contributed by atoms with Gasteiger partial charge in [-0.3, -0.25) is 4.79 Å². The Kier molecular flexibility index (Phi) is 5.66. The predicted molar refractivity (Wildman–Crippen MR) is 85.0 cm³/mol. The van der Waals surface area contributed by atoms with Gasteiger partial charge in [-0.2, -0.15) is 0 Å². The smallest absolute Gasteiger partial charge is 0.335 e. The average molecular weight is 318 g/mol. The van der Waals surface area contributed by atoms with Gasteiger partial charge in [0.15, 0.2) is 0 Å². The summed E-state index contributed by atoms with van der Waals surface area (Å²) in [7, 11) is 0. The minimum Gasteiger partial charge on any atom is -0.478 e. The minimum absolute atomic E-state index is 0.00531. The van der Waals surface area contributed by atoms with Gasteiger partial charge in [0.25, 0.3) is 0 Å². The molecule has 1 amide bonds. The molecule has 0 fully saturated rings. The molecule has 116 valence electrons. The summed E-state index contributed by atoms with van der Waals surface area (Å²) in [4.78, 5) is 26.9. The molecule has 1 aromatic heterocycles. The van der Waals surface area contributed by atoms with Crippen LogP contribution in [0, 0.1) is 6.92 Å². The molecule has 0 spiro atoms. The number of carboxylic acids is 1. The van der Waals surface area contributed by atoms with E-state index < -0.39 is 5.97 Å². The van der Waals surface area contributed by atoms with Gasteiger partial charge in [-0.25, -0.2) is 9.78 Å². The van der Waals surface area contributed by atoms with Crippen LogP contribution in [0.15, 0.2) is 29.6 Å². The van der Waals surface area contributed by atoms with E-state index >= 15 is 0 Å². The number of carbonyl (C=O) groups is 2. The SMILES string of the molecule is Cc1nc(CCCC(=O)NCc2ccc(C(=O)O)cc2)cs1. The van der Waals surface area contributed by atoms with E-state index in [4.69, 9.17) is 5.11 Å². The van der Waals surface area contributed by atoms with Crippen molar-refractivity contribution in [1.29, 1.82) is 0 Å². The lowest BCUT2D eigenvalue weighted by Gasteiger charge is -2.05. The van der Waals surface area contributed by atoms with Crippen molar-refractivity contribution in [3.63, 3.8) is 0 Å². The number of aryl methyl sites for hydroxylation is 2. The van der Waals surface area contributed by atoms with Crippen molar-refractivity contribution in [3.8, 4) is 0 Å². The highest BCUT2D eigenvalue weighted by Gasteiger charge is 2.05. The van der Waals surface area contributed by atoms with E-state index in [0.29, 0.717) is 13.0 Å². The summed E-state index contributed by atoms with van der Waals surface area (Å²) < 4.78 is 0. The van der Waals surface area contributed by atoms with Crippen molar-refractivity contribution in [2.45, 2.75) is 32.7 Å². The molecule has 6 heteroatoms. The Balaban J connectivity index is 1.69. The Bertz CT molecular complexity index is 650. The summed E-state index contributed by atoms with van der Waals surface area (Å²) in [6, 6.07) is 6.49.